The zero-order chi connectivity index (χ0) is 23.9. The summed E-state index contributed by atoms with van der Waals surface area (Å²) in [6.45, 7) is 1.17. The van der Waals surface area contributed by atoms with E-state index in [0.717, 1.165) is 22.8 Å². The van der Waals surface area contributed by atoms with Gasteiger partial charge in [-0.05, 0) is 47.5 Å². The van der Waals surface area contributed by atoms with Crippen LogP contribution in [0.5, 0.6) is 0 Å². The lowest BCUT2D eigenvalue weighted by Gasteiger charge is -2.14. The fourth-order valence-electron chi connectivity index (χ4n) is 3.19. The van der Waals surface area contributed by atoms with E-state index in [9.17, 15) is 9.18 Å². The number of anilines is 3. The molecule has 0 saturated heterocycles. The van der Waals surface area contributed by atoms with Crippen molar-refractivity contribution in [1.82, 2.24) is 19.7 Å². The minimum Gasteiger partial charge on any atom is -0.478 e. The molecule has 0 spiro atoms. The predicted molar refractivity (Wildman–Crippen MR) is 130 cm³/mol. The third-order valence-electron chi connectivity index (χ3n) is 4.77. The Kier molecular flexibility index (Phi) is 7.14. The van der Waals surface area contributed by atoms with Crippen molar-refractivity contribution >= 4 is 41.1 Å². The quantitative estimate of drug-likeness (QED) is 0.288. The van der Waals surface area contributed by atoms with Crippen molar-refractivity contribution in [2.24, 2.45) is 0 Å². The van der Waals surface area contributed by atoms with E-state index in [-0.39, 0.29) is 5.02 Å². The fraction of sp³-hybridized carbons (Fsp3) is 0.0833. The van der Waals surface area contributed by atoms with Crippen LogP contribution in [0.4, 0.5) is 21.8 Å². The predicted octanol–water partition coefficient (Wildman–Crippen LogP) is 5.09. The number of nitrogens with zero attached hydrogens (tertiary/aromatic N) is 4. The van der Waals surface area contributed by atoms with Crippen LogP contribution in [0.2, 0.25) is 5.02 Å². The summed E-state index contributed by atoms with van der Waals surface area (Å²) >= 11 is 5.88. The molecule has 2 aromatic carbocycles. The highest BCUT2D eigenvalue weighted by Crippen LogP contribution is 2.29. The Hall–Kier alpha value is -4.24. The van der Waals surface area contributed by atoms with Crippen LogP contribution in [-0.2, 0) is 11.3 Å². The van der Waals surface area contributed by atoms with E-state index in [2.05, 4.69) is 25.7 Å². The maximum atomic E-state index is 13.5. The molecule has 2 aromatic heterocycles. The molecule has 0 aliphatic heterocycles. The van der Waals surface area contributed by atoms with E-state index in [1.54, 1.807) is 23.1 Å². The first kappa shape index (κ1) is 22.9. The summed E-state index contributed by atoms with van der Waals surface area (Å²) in [5.41, 5.74) is 2.81. The molecule has 4 aromatic rings. The van der Waals surface area contributed by atoms with Gasteiger partial charge in [-0.15, -0.1) is 0 Å². The smallest absolute Gasteiger partial charge is 0.328 e. The molecule has 0 aliphatic carbocycles. The first-order chi connectivity index (χ1) is 16.5. The molecular formula is C24H20ClFN6O2. The Balaban J connectivity index is 1.63. The van der Waals surface area contributed by atoms with Crippen LogP contribution in [0.3, 0.4) is 0 Å². The van der Waals surface area contributed by atoms with E-state index < -0.39 is 11.8 Å². The van der Waals surface area contributed by atoms with Crippen LogP contribution < -0.4 is 10.6 Å². The molecule has 0 aliphatic rings. The second-order valence-electron chi connectivity index (χ2n) is 7.20. The number of nitrogens with one attached hydrogen (secondary N) is 2. The molecule has 10 heteroatoms. The maximum absolute atomic E-state index is 13.5. The number of rotatable bonds is 9. The van der Waals surface area contributed by atoms with Gasteiger partial charge < -0.3 is 15.7 Å². The first-order valence-electron chi connectivity index (χ1n) is 10.3. The molecule has 34 heavy (non-hydrogen) atoms. The van der Waals surface area contributed by atoms with Crippen molar-refractivity contribution in [3.8, 4) is 11.1 Å². The second kappa shape index (κ2) is 10.6. The average molecular weight is 479 g/mol. The fourth-order valence-corrected chi connectivity index (χ4v) is 3.37. The molecule has 0 fully saturated rings. The van der Waals surface area contributed by atoms with Gasteiger partial charge in [0.15, 0.2) is 0 Å². The van der Waals surface area contributed by atoms with Crippen LogP contribution >= 0.6 is 11.6 Å². The summed E-state index contributed by atoms with van der Waals surface area (Å²) in [6, 6.07) is 13.5. The summed E-state index contributed by atoms with van der Waals surface area (Å²) in [5.74, 6) is -0.667. The van der Waals surface area contributed by atoms with Crippen molar-refractivity contribution in [2.45, 2.75) is 6.54 Å². The monoisotopic (exact) mass is 478 g/mol. The Labute approximate surface area is 199 Å². The number of hydrogen-bond donors (Lipinski definition) is 3. The molecule has 0 radical (unpaired) electrons. The number of benzene rings is 2. The SMILES string of the molecule is O=C(O)/C=C/c1cccc(-c2cnc(Nc3ccc(F)c(Cl)c3)nc2NCCn2cccn2)c1. The number of hydrogen-bond acceptors (Lipinski definition) is 6. The van der Waals surface area contributed by atoms with Gasteiger partial charge in [-0.1, -0.05) is 29.8 Å². The van der Waals surface area contributed by atoms with Crippen molar-refractivity contribution in [1.29, 1.82) is 0 Å². The summed E-state index contributed by atoms with van der Waals surface area (Å²) in [5, 5.41) is 19.4. The zero-order valence-electron chi connectivity index (χ0n) is 17.8. The topological polar surface area (TPSA) is 105 Å². The number of halogens is 2. The first-order valence-corrected chi connectivity index (χ1v) is 10.7. The minimum absolute atomic E-state index is 0.00887. The molecule has 4 rings (SSSR count). The summed E-state index contributed by atoms with van der Waals surface area (Å²) in [4.78, 5) is 19.9. The van der Waals surface area contributed by atoms with Gasteiger partial charge in [-0.25, -0.2) is 14.2 Å². The maximum Gasteiger partial charge on any atom is 0.328 e. The van der Waals surface area contributed by atoms with E-state index in [1.165, 1.54) is 18.2 Å². The highest BCUT2D eigenvalue weighted by atomic mass is 35.5. The largest absolute Gasteiger partial charge is 0.478 e. The molecule has 0 saturated carbocycles. The van der Waals surface area contributed by atoms with Crippen LogP contribution in [0.25, 0.3) is 17.2 Å². The lowest BCUT2D eigenvalue weighted by Crippen LogP contribution is -2.13. The van der Waals surface area contributed by atoms with Gasteiger partial charge in [0, 0.05) is 42.5 Å². The molecule has 0 amide bonds. The summed E-state index contributed by atoms with van der Waals surface area (Å²) < 4.78 is 15.3. The van der Waals surface area contributed by atoms with Crippen molar-refractivity contribution in [3.05, 3.63) is 89.6 Å². The van der Waals surface area contributed by atoms with Gasteiger partial charge >= 0.3 is 5.97 Å². The molecular weight excluding hydrogens is 459 g/mol. The lowest BCUT2D eigenvalue weighted by atomic mass is 10.0. The van der Waals surface area contributed by atoms with Gasteiger partial charge in [-0.3, -0.25) is 4.68 Å². The number of aliphatic carboxylic acids is 1. The standard InChI is InChI=1S/C24H20ClFN6O2/c25-20-14-18(6-7-21(20)26)30-24-28-15-19(17-4-1-3-16(13-17)5-8-22(33)34)23(31-24)27-10-12-32-11-2-9-29-32/h1-9,11,13-15H,10,12H2,(H,33,34)(H2,27,28,30,31)/b8-5+. The highest BCUT2D eigenvalue weighted by Gasteiger charge is 2.11. The summed E-state index contributed by atoms with van der Waals surface area (Å²) in [7, 11) is 0. The Morgan fingerprint density at radius 1 is 1.21 bits per heavy atom. The van der Waals surface area contributed by atoms with Gasteiger partial charge in [0.1, 0.15) is 11.6 Å². The molecule has 0 bridgehead atoms. The van der Waals surface area contributed by atoms with Crippen LogP contribution in [0, 0.1) is 5.82 Å². The average Bonchev–Trinajstić information content (AvgIpc) is 3.34. The second-order valence-corrected chi connectivity index (χ2v) is 7.61. The van der Waals surface area contributed by atoms with Crippen molar-refractivity contribution < 1.29 is 14.3 Å². The number of aromatic nitrogens is 4. The van der Waals surface area contributed by atoms with Gasteiger partial charge in [0.05, 0.1) is 11.6 Å². The number of carbonyl (C=O) groups is 1. The number of carboxylic acid groups (broad SMARTS) is 1. The molecule has 2 heterocycles. The molecule has 8 nitrogen and oxygen atoms in total. The van der Waals surface area contributed by atoms with E-state index in [1.807, 2.05) is 36.5 Å². The lowest BCUT2D eigenvalue weighted by molar-refractivity contribution is -0.131. The van der Waals surface area contributed by atoms with E-state index in [4.69, 9.17) is 16.7 Å². The third-order valence-corrected chi connectivity index (χ3v) is 5.06. The third kappa shape index (κ3) is 5.96. The van der Waals surface area contributed by atoms with Gasteiger partial charge in [0.25, 0.3) is 0 Å². The highest BCUT2D eigenvalue weighted by molar-refractivity contribution is 6.31. The minimum atomic E-state index is -1.02. The van der Waals surface area contributed by atoms with Crippen LogP contribution in [-0.4, -0.2) is 37.4 Å². The molecule has 0 atom stereocenters. The Bertz CT molecular complexity index is 1330. The van der Waals surface area contributed by atoms with Crippen LogP contribution in [0.1, 0.15) is 5.56 Å². The number of carboxylic acids is 1. The van der Waals surface area contributed by atoms with Crippen LogP contribution in [0.15, 0.2) is 73.2 Å². The van der Waals surface area contributed by atoms with Gasteiger partial charge in [0.2, 0.25) is 5.95 Å². The Morgan fingerprint density at radius 3 is 2.85 bits per heavy atom. The summed E-state index contributed by atoms with van der Waals surface area (Å²) in [6.07, 6.45) is 7.84. The Morgan fingerprint density at radius 2 is 2.09 bits per heavy atom. The molecule has 0 unspecified atom stereocenters. The van der Waals surface area contributed by atoms with Gasteiger partial charge in [-0.2, -0.15) is 10.1 Å². The molecule has 172 valence electrons. The van der Waals surface area contributed by atoms with E-state index >= 15 is 0 Å². The van der Waals surface area contributed by atoms with Crippen molar-refractivity contribution in [2.75, 3.05) is 17.2 Å². The normalized spacial score (nSPS) is 11.0. The van der Waals surface area contributed by atoms with Crippen molar-refractivity contribution in [3.63, 3.8) is 0 Å². The zero-order valence-corrected chi connectivity index (χ0v) is 18.6. The van der Waals surface area contributed by atoms with E-state index in [0.29, 0.717) is 30.5 Å². The molecule has 3 N–H and O–H groups in total.